The van der Waals surface area contributed by atoms with Gasteiger partial charge in [0.1, 0.15) is 0 Å². The van der Waals surface area contributed by atoms with Crippen LogP contribution in [-0.4, -0.2) is 28.3 Å². The molecule has 4 N–H and O–H groups in total. The van der Waals surface area contributed by atoms with Gasteiger partial charge in [0.05, 0.1) is 0 Å². The number of anilines is 1. The molecule has 1 aromatic heterocycles. The van der Waals surface area contributed by atoms with Gasteiger partial charge < -0.3 is 10.8 Å². The van der Waals surface area contributed by atoms with Crippen molar-refractivity contribution in [2.24, 2.45) is 5.73 Å². The summed E-state index contributed by atoms with van der Waals surface area (Å²) in [5.41, 5.74) is 4.86. The van der Waals surface area contributed by atoms with Crippen LogP contribution in [0, 0.1) is 0 Å². The number of hydrogen-bond acceptors (Lipinski definition) is 5. The predicted octanol–water partition coefficient (Wildman–Crippen LogP) is 1.05. The molecule has 0 fully saturated rings. The maximum atomic E-state index is 10.7. The molecule has 0 aliphatic carbocycles. The van der Waals surface area contributed by atoms with Crippen molar-refractivity contribution in [3.63, 3.8) is 0 Å². The summed E-state index contributed by atoms with van der Waals surface area (Å²) in [6.45, 7) is 0. The summed E-state index contributed by atoms with van der Waals surface area (Å²) in [7, 11) is 0. The number of urea groups is 1. The highest BCUT2D eigenvalue weighted by Crippen LogP contribution is 2.28. The van der Waals surface area contributed by atoms with Crippen LogP contribution in [0.4, 0.5) is 10.6 Å². The van der Waals surface area contributed by atoms with Crippen LogP contribution in [-0.2, 0) is 0 Å². The Morgan fingerprint density at radius 3 is 2.71 bits per heavy atom. The highest BCUT2D eigenvalue weighted by Gasteiger charge is 2.17. The first-order chi connectivity index (χ1) is 6.54. The van der Waals surface area contributed by atoms with Gasteiger partial charge in [0.15, 0.2) is 15.0 Å². The van der Waals surface area contributed by atoms with E-state index in [0.717, 1.165) is 11.3 Å². The Bertz CT molecular complexity index is 376. The van der Waals surface area contributed by atoms with Crippen LogP contribution in [0.5, 0.6) is 0 Å². The Morgan fingerprint density at radius 2 is 2.29 bits per heavy atom. The van der Waals surface area contributed by atoms with E-state index >= 15 is 0 Å². The molecule has 1 aromatic rings. The quantitative estimate of drug-likeness (QED) is 0.677. The molecule has 0 spiro atoms. The monoisotopic (exact) mass is 233 g/mol. The molecule has 1 heterocycles. The van der Waals surface area contributed by atoms with E-state index in [1.165, 1.54) is 11.8 Å². The number of thiazole rings is 1. The van der Waals surface area contributed by atoms with E-state index in [-0.39, 0.29) is 10.7 Å². The second kappa shape index (κ2) is 4.29. The van der Waals surface area contributed by atoms with E-state index in [1.807, 2.05) is 0 Å². The Labute approximate surface area is 87.5 Å². The van der Waals surface area contributed by atoms with Crippen LogP contribution in [0.15, 0.2) is 4.34 Å². The Hall–Kier alpha value is -1.28. The van der Waals surface area contributed by atoms with Crippen LogP contribution in [0.2, 0.25) is 0 Å². The number of aromatic nitrogens is 1. The molecule has 0 bridgehead atoms. The van der Waals surface area contributed by atoms with Gasteiger partial charge in [-0.1, -0.05) is 23.1 Å². The van der Waals surface area contributed by atoms with Gasteiger partial charge in [0, 0.05) is 0 Å². The Balaban J connectivity index is 3.05. The molecule has 0 aromatic carbocycles. The molecule has 14 heavy (non-hydrogen) atoms. The molecule has 0 aliphatic rings. The van der Waals surface area contributed by atoms with E-state index in [4.69, 9.17) is 10.8 Å². The molecule has 76 valence electrons. The number of carboxylic acids is 1. The van der Waals surface area contributed by atoms with Gasteiger partial charge >= 0.3 is 12.0 Å². The summed E-state index contributed by atoms with van der Waals surface area (Å²) in [6.07, 6.45) is 1.76. The highest BCUT2D eigenvalue weighted by atomic mass is 32.2. The number of primary amides is 1. The first-order valence-corrected chi connectivity index (χ1v) is 5.43. The number of carboxylic acid groups (broad SMARTS) is 1. The van der Waals surface area contributed by atoms with Crippen LogP contribution >= 0.6 is 23.1 Å². The van der Waals surface area contributed by atoms with Crippen LogP contribution < -0.4 is 11.1 Å². The van der Waals surface area contributed by atoms with Crippen LogP contribution in [0.25, 0.3) is 0 Å². The largest absolute Gasteiger partial charge is 0.477 e. The van der Waals surface area contributed by atoms with Crippen molar-refractivity contribution in [3.8, 4) is 0 Å². The first kappa shape index (κ1) is 10.8. The van der Waals surface area contributed by atoms with Gasteiger partial charge in [-0.15, -0.1) is 0 Å². The lowest BCUT2D eigenvalue weighted by Crippen LogP contribution is -2.20. The van der Waals surface area contributed by atoms with Crippen molar-refractivity contribution in [3.05, 3.63) is 4.88 Å². The third kappa shape index (κ3) is 2.36. The molecular weight excluding hydrogens is 226 g/mol. The van der Waals surface area contributed by atoms with Gasteiger partial charge in [0.2, 0.25) is 0 Å². The zero-order valence-electron chi connectivity index (χ0n) is 7.10. The van der Waals surface area contributed by atoms with Crippen molar-refractivity contribution in [1.82, 2.24) is 4.98 Å². The number of hydrogen-bond donors (Lipinski definition) is 3. The second-order valence-electron chi connectivity index (χ2n) is 2.16. The summed E-state index contributed by atoms with van der Waals surface area (Å²) >= 11 is 2.29. The average Bonchev–Trinajstić information content (AvgIpc) is 2.46. The van der Waals surface area contributed by atoms with E-state index in [9.17, 15) is 9.59 Å². The van der Waals surface area contributed by atoms with Gasteiger partial charge in [-0.3, -0.25) is 5.32 Å². The van der Waals surface area contributed by atoms with E-state index in [1.54, 1.807) is 6.26 Å². The number of nitrogens with zero attached hydrogens (tertiary/aromatic N) is 1. The average molecular weight is 233 g/mol. The number of carbonyl (C=O) groups excluding carboxylic acids is 1. The summed E-state index contributed by atoms with van der Waals surface area (Å²) < 4.78 is 0.561. The Kier molecular flexibility index (Phi) is 3.31. The second-order valence-corrected chi connectivity index (χ2v) is 4.21. The smallest absolute Gasteiger partial charge is 0.349 e. The fourth-order valence-electron chi connectivity index (χ4n) is 0.734. The van der Waals surface area contributed by atoms with Crippen molar-refractivity contribution >= 4 is 40.9 Å². The van der Waals surface area contributed by atoms with Gasteiger partial charge in [-0.05, 0) is 6.26 Å². The zero-order valence-corrected chi connectivity index (χ0v) is 8.74. The first-order valence-electron chi connectivity index (χ1n) is 3.39. The molecule has 0 atom stereocenters. The number of amides is 2. The molecule has 6 nitrogen and oxygen atoms in total. The fraction of sp³-hybridized carbons (Fsp3) is 0.167. The van der Waals surface area contributed by atoms with Crippen LogP contribution in [0.1, 0.15) is 9.67 Å². The lowest BCUT2D eigenvalue weighted by molar-refractivity contribution is 0.0703. The summed E-state index contributed by atoms with van der Waals surface area (Å²) in [5.74, 6) is -1.13. The molecule has 8 heteroatoms. The van der Waals surface area contributed by atoms with Gasteiger partial charge in [-0.25, -0.2) is 14.6 Å². The van der Waals surface area contributed by atoms with Crippen molar-refractivity contribution in [2.45, 2.75) is 4.34 Å². The summed E-state index contributed by atoms with van der Waals surface area (Å²) in [5, 5.41) is 10.9. The number of aromatic carboxylic acids is 1. The zero-order chi connectivity index (χ0) is 10.7. The lowest BCUT2D eigenvalue weighted by Gasteiger charge is -1.96. The molecule has 0 radical (unpaired) electrons. The van der Waals surface area contributed by atoms with Crippen molar-refractivity contribution in [2.75, 3.05) is 11.6 Å². The normalized spacial score (nSPS) is 9.79. The minimum atomic E-state index is -1.13. The van der Waals surface area contributed by atoms with E-state index < -0.39 is 12.0 Å². The molecule has 0 aliphatic heterocycles. The lowest BCUT2D eigenvalue weighted by atomic mass is 10.5. The molecule has 1 rings (SSSR count). The van der Waals surface area contributed by atoms with Crippen LogP contribution in [0.3, 0.4) is 0 Å². The van der Waals surface area contributed by atoms with Gasteiger partial charge in [-0.2, -0.15) is 0 Å². The van der Waals surface area contributed by atoms with Crippen molar-refractivity contribution in [1.29, 1.82) is 0 Å². The predicted molar refractivity (Wildman–Crippen MR) is 54.1 cm³/mol. The van der Waals surface area contributed by atoms with E-state index in [2.05, 4.69) is 10.3 Å². The third-order valence-electron chi connectivity index (χ3n) is 1.22. The maximum Gasteiger partial charge on any atom is 0.349 e. The Morgan fingerprint density at radius 1 is 1.64 bits per heavy atom. The highest BCUT2D eigenvalue weighted by molar-refractivity contribution is 8.00. The van der Waals surface area contributed by atoms with E-state index in [0.29, 0.717) is 4.34 Å². The standard InChI is InChI=1S/C6H7N3O3S2/c1-13-6-9-3(8-5(7)12)2(14-6)4(10)11/h1H3,(H,10,11)(H3,7,8,12). The molecule has 0 saturated heterocycles. The SMILES string of the molecule is CSc1nc(NC(N)=O)c(C(=O)O)s1. The number of carbonyl (C=O) groups is 2. The third-order valence-corrected chi connectivity index (χ3v) is 3.25. The molecule has 0 unspecified atom stereocenters. The van der Waals surface area contributed by atoms with Gasteiger partial charge in [0.25, 0.3) is 0 Å². The maximum absolute atomic E-state index is 10.7. The number of thioether (sulfide) groups is 1. The minimum Gasteiger partial charge on any atom is -0.477 e. The topological polar surface area (TPSA) is 105 Å². The minimum absolute atomic E-state index is 0.000602. The van der Waals surface area contributed by atoms with Crippen molar-refractivity contribution < 1.29 is 14.7 Å². The molecule has 0 saturated carbocycles. The molecular formula is C6H7N3O3S2. The number of nitrogens with two attached hydrogens (primary N) is 1. The number of nitrogens with one attached hydrogen (secondary N) is 1. The molecule has 2 amide bonds. The fourth-order valence-corrected chi connectivity index (χ4v) is 2.09. The summed E-state index contributed by atoms with van der Waals surface area (Å²) in [4.78, 5) is 25.1. The number of rotatable bonds is 3. The summed E-state index contributed by atoms with van der Waals surface area (Å²) in [6, 6.07) is -0.828.